The topological polar surface area (TPSA) is 245 Å². The van der Waals surface area contributed by atoms with Crippen molar-refractivity contribution in [3.05, 3.63) is 467 Å². The third-order valence-corrected chi connectivity index (χ3v) is 27.1. The number of benzene rings is 13. The van der Waals surface area contributed by atoms with Gasteiger partial charge in [-0.05, 0) is 104 Å². The number of hydrogen-bond donors (Lipinski definition) is 0. The van der Waals surface area contributed by atoms with Crippen LogP contribution in [-0.4, -0.2) is 180 Å². The molecule has 0 aliphatic carbocycles. The Morgan fingerprint density at radius 1 is 0.223 bits per heavy atom. The van der Waals surface area contributed by atoms with E-state index in [0.29, 0.717) is 6.42 Å². The second-order valence-electron chi connectivity index (χ2n) is 36.9. The number of carbonyl (C=O) groups is 3. The summed E-state index contributed by atoms with van der Waals surface area (Å²) in [6.45, 7) is 0.936. The molecule has 20 atom stereocenters. The van der Waals surface area contributed by atoms with Gasteiger partial charge in [-0.1, -0.05) is 383 Å². The summed E-state index contributed by atoms with van der Waals surface area (Å²) in [6, 6.07) is 125. The molecule has 0 amide bonds. The maximum Gasteiger partial charge on any atom is 0.338 e. The molecule has 25 heteroatoms. The minimum Gasteiger partial charge on any atom is -0.454 e. The molecule has 4 aliphatic rings. The van der Waals surface area contributed by atoms with Gasteiger partial charge in [0.15, 0.2) is 43.5 Å². The molecule has 0 bridgehead atoms. The van der Waals surface area contributed by atoms with Crippen LogP contribution in [0.1, 0.15) is 115 Å². The van der Waals surface area contributed by atoms with E-state index >= 15 is 4.79 Å². The third-order valence-electron chi connectivity index (χ3n) is 26.0. The van der Waals surface area contributed by atoms with Gasteiger partial charge in [-0.15, -0.1) is 0 Å². The van der Waals surface area contributed by atoms with E-state index in [1.807, 2.05) is 333 Å². The first kappa shape index (κ1) is 107. The highest BCUT2D eigenvalue weighted by atomic mass is 32.2. The maximum atomic E-state index is 15.6. The fourth-order valence-electron chi connectivity index (χ4n) is 18.4. The minimum absolute atomic E-state index is 0.0116. The van der Waals surface area contributed by atoms with Crippen molar-refractivity contribution in [1.82, 2.24) is 0 Å². The molecule has 4 saturated heterocycles. The Morgan fingerprint density at radius 3 is 0.764 bits per heavy atom. The van der Waals surface area contributed by atoms with E-state index in [0.717, 1.165) is 86.4 Å². The lowest BCUT2D eigenvalue weighted by Crippen LogP contribution is -2.67. The molecule has 0 saturated carbocycles. The van der Waals surface area contributed by atoms with Crippen molar-refractivity contribution in [2.45, 2.75) is 227 Å². The van der Waals surface area contributed by atoms with Gasteiger partial charge in [0.2, 0.25) is 0 Å². The Kier molecular flexibility index (Phi) is 42.1. The van der Waals surface area contributed by atoms with Crippen molar-refractivity contribution in [2.75, 3.05) is 38.8 Å². The first-order valence-electron chi connectivity index (χ1n) is 51.0. The van der Waals surface area contributed by atoms with E-state index in [1.54, 1.807) is 48.5 Å². The summed E-state index contributed by atoms with van der Waals surface area (Å²) in [4.78, 5) is 45.0. The highest BCUT2D eigenvalue weighted by molar-refractivity contribution is 7.98. The van der Waals surface area contributed by atoms with Crippen LogP contribution >= 0.6 is 11.8 Å². The second-order valence-corrected chi connectivity index (χ2v) is 38.0. The van der Waals surface area contributed by atoms with E-state index < -0.39 is 154 Å². The van der Waals surface area contributed by atoms with E-state index in [9.17, 15) is 9.59 Å². The van der Waals surface area contributed by atoms with Gasteiger partial charge in [-0.25, -0.2) is 9.59 Å². The molecule has 24 nitrogen and oxygen atoms in total. The standard InChI is InChI=1S/C123H130O24S/c1-88(124)140-117-113(137-82-98-63-35-13-36-64-98)107(131-76-92-51-23-7-24-52-92)103(84-128-74-90-47-19-5-20-48-90)144-123(117)147-116-112(136-81-97-61-33-12-34-62-97)106(130-75-91-49-21-6-22-50-91)102(83-127-73-89-45-17-4-18-46-89)141-122(116)139-86-105-109(133-78-94-55-27-9-28-56-94)111(135-80-96-59-31-11-32-60-96)115(146-119(126)101-69-41-16-42-70-101)121(143-105)138-85-104-108(132-77-93-53-25-8-26-54-93)110(134-79-95-57-29-10-30-58-95)114(145-118(125)100-67-39-15-40-68-100)120(142-104)129-71-43-2-3-44-72-148-87-99-65-37-14-38-66-99/h4-42,45-70,102-117,120-123H,2-3,43-44,71-87H2,1H3/t102-,103-,104-,105-,106-,107-,108-,109-,110+,111+,112+,113+,114+,115+,116+,117+,120+,121+,122+,123-/m1/s1. The Hall–Kier alpha value is -12.1. The van der Waals surface area contributed by atoms with Crippen molar-refractivity contribution in [1.29, 1.82) is 0 Å². The quantitative estimate of drug-likeness (QED) is 0.0195. The first-order valence-corrected chi connectivity index (χ1v) is 52.1. The fraction of sp³-hybridized carbons (Fsp3) is 0.341. The van der Waals surface area contributed by atoms with E-state index in [2.05, 4.69) is 24.3 Å². The molecule has 0 N–H and O–H groups in total. The van der Waals surface area contributed by atoms with Crippen molar-refractivity contribution in [2.24, 2.45) is 0 Å². The predicted octanol–water partition coefficient (Wildman–Crippen LogP) is 21.3. The van der Waals surface area contributed by atoms with Crippen LogP contribution in [0.3, 0.4) is 0 Å². The summed E-state index contributed by atoms with van der Waals surface area (Å²) in [6.07, 6.45) is -22.3. The van der Waals surface area contributed by atoms with Crippen LogP contribution in [0.2, 0.25) is 0 Å². The van der Waals surface area contributed by atoms with Crippen molar-refractivity contribution < 1.29 is 114 Å². The zero-order chi connectivity index (χ0) is 101. The van der Waals surface area contributed by atoms with Gasteiger partial charge in [0.1, 0.15) is 79.4 Å². The Balaban J connectivity index is 0.783. The summed E-state index contributed by atoms with van der Waals surface area (Å²) < 4.78 is 153. The number of ether oxygens (including phenoxy) is 21. The lowest BCUT2D eigenvalue weighted by atomic mass is 9.95. The predicted molar refractivity (Wildman–Crippen MR) is 558 cm³/mol. The average molecular weight is 2020 g/mol. The molecule has 772 valence electrons. The molecular weight excluding hydrogens is 1890 g/mol. The Bertz CT molecular complexity index is 5930. The minimum atomic E-state index is -1.64. The molecule has 0 spiro atoms. The number of thioether (sulfide) groups is 1. The number of esters is 3. The number of hydrogen-bond acceptors (Lipinski definition) is 25. The fourth-order valence-corrected chi connectivity index (χ4v) is 19.4. The van der Waals surface area contributed by atoms with Gasteiger partial charge in [-0.3, -0.25) is 4.79 Å². The molecule has 0 unspecified atom stereocenters. The third kappa shape index (κ3) is 32.5. The lowest BCUT2D eigenvalue weighted by Gasteiger charge is -2.50. The van der Waals surface area contributed by atoms with Crippen molar-refractivity contribution in [3.63, 3.8) is 0 Å². The van der Waals surface area contributed by atoms with Gasteiger partial charge in [0, 0.05) is 19.3 Å². The van der Waals surface area contributed by atoms with E-state index in [1.165, 1.54) is 12.5 Å². The zero-order valence-corrected chi connectivity index (χ0v) is 83.9. The molecule has 0 radical (unpaired) electrons. The van der Waals surface area contributed by atoms with Crippen LogP contribution in [0.25, 0.3) is 0 Å². The van der Waals surface area contributed by atoms with Gasteiger partial charge in [0.05, 0.1) is 104 Å². The molecule has 148 heavy (non-hydrogen) atoms. The molecule has 0 aromatic heterocycles. The number of unbranched alkanes of at least 4 members (excludes halogenated alkanes) is 3. The van der Waals surface area contributed by atoms with Crippen LogP contribution in [-0.2, 0) is 176 Å². The molecular formula is C123H130O24S. The highest BCUT2D eigenvalue weighted by Gasteiger charge is 2.59. The summed E-state index contributed by atoms with van der Waals surface area (Å²) in [5, 5.41) is 0. The van der Waals surface area contributed by atoms with E-state index in [4.69, 9.17) is 99.5 Å². The maximum absolute atomic E-state index is 15.6. The van der Waals surface area contributed by atoms with Crippen molar-refractivity contribution >= 4 is 29.7 Å². The summed E-state index contributed by atoms with van der Waals surface area (Å²) in [5.41, 5.74) is 10.1. The molecule has 17 rings (SSSR count). The molecule has 4 aliphatic heterocycles. The average Bonchev–Trinajstić information content (AvgIpc) is 0.767. The first-order chi connectivity index (χ1) is 73.1. The molecule has 13 aromatic rings. The smallest absolute Gasteiger partial charge is 0.338 e. The normalized spacial score (nSPS) is 23.8. The Morgan fingerprint density at radius 2 is 0.459 bits per heavy atom. The van der Waals surface area contributed by atoms with Crippen LogP contribution in [0.5, 0.6) is 0 Å². The lowest BCUT2D eigenvalue weighted by molar-refractivity contribution is -0.385. The summed E-state index contributed by atoms with van der Waals surface area (Å²) in [7, 11) is 0. The van der Waals surface area contributed by atoms with Gasteiger partial charge < -0.3 is 99.5 Å². The van der Waals surface area contributed by atoms with Gasteiger partial charge in [-0.2, -0.15) is 11.8 Å². The molecule has 4 fully saturated rings. The number of carbonyl (C=O) groups excluding carboxylic acids is 3. The Labute approximate surface area is 871 Å². The van der Waals surface area contributed by atoms with Crippen LogP contribution in [0.15, 0.2) is 394 Å². The van der Waals surface area contributed by atoms with E-state index in [-0.39, 0.29) is 97.0 Å². The monoisotopic (exact) mass is 2020 g/mol. The molecule has 4 heterocycles. The largest absolute Gasteiger partial charge is 0.454 e. The zero-order valence-electron chi connectivity index (χ0n) is 83.1. The van der Waals surface area contributed by atoms with Gasteiger partial charge in [0.25, 0.3) is 0 Å². The van der Waals surface area contributed by atoms with Gasteiger partial charge >= 0.3 is 17.9 Å². The second kappa shape index (κ2) is 58.2. The SMILES string of the molecule is CC(=O)O[C@@H]1[C@@H](O[C@@H]2[C@@H](OC[C@H]3O[C@H](OC[C@H]4O[C@H](OCCCCCCSCc5ccccc5)[C@@H](OC(=O)c5ccccc5)[C@@H](OCc5ccccc5)[C@@H]4OCc4ccccc4)[C@@H](OC(=O)c4ccccc4)[C@@H](OCc4ccccc4)[C@@H]3OCc3ccccc3)O[C@H](COCc3ccccc3)[C@@H](OCc3ccccc3)[C@@H]2OCc2ccccc2)O[C@H](COCc2ccccc2)[C@@H](OCc2ccccc2)[C@@H]1OCc1ccccc1. The summed E-state index contributed by atoms with van der Waals surface area (Å²) >= 11 is 1.91. The number of rotatable bonds is 55. The van der Waals surface area contributed by atoms with Crippen molar-refractivity contribution in [3.8, 4) is 0 Å². The molecule has 13 aromatic carbocycles. The summed E-state index contributed by atoms with van der Waals surface area (Å²) in [5.74, 6) is -0.170. The van der Waals surface area contributed by atoms with Crippen LogP contribution in [0, 0.1) is 0 Å². The van der Waals surface area contributed by atoms with Crippen LogP contribution in [0.4, 0.5) is 0 Å². The highest BCUT2D eigenvalue weighted by Crippen LogP contribution is 2.41. The van der Waals surface area contributed by atoms with Crippen LogP contribution < -0.4 is 0 Å².